The lowest BCUT2D eigenvalue weighted by atomic mass is 10.2. The summed E-state index contributed by atoms with van der Waals surface area (Å²) in [7, 11) is 0. The van der Waals surface area contributed by atoms with Crippen LogP contribution in [-0.4, -0.2) is 54.7 Å². The molecule has 0 spiro atoms. The van der Waals surface area contributed by atoms with E-state index in [4.69, 9.17) is 4.74 Å². The molecule has 1 aliphatic heterocycles. The van der Waals surface area contributed by atoms with E-state index in [2.05, 4.69) is 32.6 Å². The zero-order chi connectivity index (χ0) is 17.5. The van der Waals surface area contributed by atoms with Crippen LogP contribution in [0.25, 0.3) is 0 Å². The van der Waals surface area contributed by atoms with Crippen molar-refractivity contribution in [3.63, 3.8) is 0 Å². The highest BCUT2D eigenvalue weighted by Gasteiger charge is 2.23. The molecule has 0 aromatic carbocycles. The van der Waals surface area contributed by atoms with Crippen molar-refractivity contribution in [2.75, 3.05) is 32.8 Å². The first-order valence-corrected chi connectivity index (χ1v) is 9.08. The molecule has 22 heavy (non-hydrogen) atoms. The van der Waals surface area contributed by atoms with Gasteiger partial charge in [-0.3, -0.25) is 4.90 Å². The molecule has 0 saturated carbocycles. The topological polar surface area (TPSA) is 32.8 Å². The lowest BCUT2D eigenvalue weighted by Crippen LogP contribution is -2.50. The van der Waals surface area contributed by atoms with Crippen LogP contribution in [-0.2, 0) is 4.74 Å². The van der Waals surface area contributed by atoms with Crippen LogP contribution in [0.4, 0.5) is 4.79 Å². The Labute approximate surface area is 139 Å². The van der Waals surface area contributed by atoms with Gasteiger partial charge in [-0.2, -0.15) is 0 Å². The summed E-state index contributed by atoms with van der Waals surface area (Å²) in [5.74, 6) is 0.404. The van der Waals surface area contributed by atoms with Crippen molar-refractivity contribution in [1.82, 2.24) is 9.80 Å². The number of rotatable bonds is 4. The monoisotopic (exact) mass is 316 g/mol. The smallest absolute Gasteiger partial charge is 0.409 e. The highest BCUT2D eigenvalue weighted by Crippen LogP contribution is 2.07. The largest absolute Gasteiger partial charge is 0.449 e. The average Bonchev–Trinajstić information content (AvgIpc) is 2.54. The van der Waals surface area contributed by atoms with Gasteiger partial charge in [0.05, 0.1) is 6.61 Å². The Kier molecular flexibility index (Phi) is 16.2. The van der Waals surface area contributed by atoms with Crippen molar-refractivity contribution in [3.8, 4) is 0 Å². The van der Waals surface area contributed by atoms with Crippen molar-refractivity contribution in [2.24, 2.45) is 5.92 Å². The fraction of sp³-hybridized carbons (Fsp3) is 0.944. The van der Waals surface area contributed by atoms with Crippen molar-refractivity contribution in [3.05, 3.63) is 0 Å². The van der Waals surface area contributed by atoms with Crippen LogP contribution in [0.3, 0.4) is 0 Å². The molecule has 0 N–H and O–H groups in total. The third kappa shape index (κ3) is 11.8. The second-order valence-corrected chi connectivity index (χ2v) is 6.09. The van der Waals surface area contributed by atoms with E-state index < -0.39 is 0 Å². The van der Waals surface area contributed by atoms with Crippen LogP contribution in [0.1, 0.15) is 68.2 Å². The zero-order valence-electron chi connectivity index (χ0n) is 16.3. The Bertz CT molecular complexity index is 245. The van der Waals surface area contributed by atoms with Crippen molar-refractivity contribution in [2.45, 2.75) is 74.3 Å². The number of nitrogens with zero attached hydrogens (tertiary/aromatic N) is 2. The van der Waals surface area contributed by atoms with E-state index in [0.29, 0.717) is 18.6 Å². The Morgan fingerprint density at radius 2 is 1.41 bits per heavy atom. The molecule has 4 heteroatoms. The second kappa shape index (κ2) is 15.1. The van der Waals surface area contributed by atoms with Gasteiger partial charge in [-0.15, -0.1) is 0 Å². The van der Waals surface area contributed by atoms with Crippen LogP contribution in [0.15, 0.2) is 0 Å². The van der Waals surface area contributed by atoms with Gasteiger partial charge >= 0.3 is 6.09 Å². The zero-order valence-corrected chi connectivity index (χ0v) is 16.3. The van der Waals surface area contributed by atoms with Gasteiger partial charge in [0.15, 0.2) is 0 Å². The number of piperazine rings is 1. The van der Waals surface area contributed by atoms with Gasteiger partial charge in [0, 0.05) is 32.2 Å². The molecule has 1 aliphatic rings. The highest BCUT2D eigenvalue weighted by atomic mass is 16.6. The lowest BCUT2D eigenvalue weighted by molar-refractivity contribution is 0.0621. The SMILES string of the molecule is CC.CC(C)COC(=O)N1CCN(C(C)C)CC1.CCCC. The fourth-order valence-corrected chi connectivity index (χ4v) is 1.75. The number of hydrogen-bond acceptors (Lipinski definition) is 3. The number of carbonyl (C=O) groups is 1. The minimum atomic E-state index is -0.155. The first kappa shape index (κ1) is 23.5. The van der Waals surface area contributed by atoms with Crippen molar-refractivity contribution in [1.29, 1.82) is 0 Å². The highest BCUT2D eigenvalue weighted by molar-refractivity contribution is 5.67. The molecule has 1 saturated heterocycles. The minimum absolute atomic E-state index is 0.155. The van der Waals surface area contributed by atoms with E-state index in [-0.39, 0.29) is 6.09 Å². The van der Waals surface area contributed by atoms with Crippen LogP contribution in [0.2, 0.25) is 0 Å². The Morgan fingerprint density at radius 3 is 1.73 bits per heavy atom. The predicted octanol–water partition coefficient (Wildman–Crippen LogP) is 4.64. The Balaban J connectivity index is 0. The van der Waals surface area contributed by atoms with E-state index in [1.807, 2.05) is 27.7 Å². The third-order valence-electron chi connectivity index (χ3n) is 3.34. The summed E-state index contributed by atoms with van der Waals surface area (Å²) in [6.45, 7) is 20.8. The fourth-order valence-electron chi connectivity index (χ4n) is 1.75. The first-order chi connectivity index (χ1) is 10.4. The first-order valence-electron chi connectivity index (χ1n) is 9.08. The molecule has 0 unspecified atom stereocenters. The standard InChI is InChI=1S/C12H24N2O2.C4H10.C2H6/c1-10(2)9-16-12(15)14-7-5-13(6-8-14)11(3)4;1-3-4-2;1-2/h10-11H,5-9H2,1-4H3;3-4H2,1-2H3;1-2H3. The van der Waals surface area contributed by atoms with Crippen LogP contribution < -0.4 is 0 Å². The minimum Gasteiger partial charge on any atom is -0.449 e. The van der Waals surface area contributed by atoms with Gasteiger partial charge in [0.1, 0.15) is 0 Å². The molecule has 134 valence electrons. The molecular weight excluding hydrogens is 276 g/mol. The van der Waals surface area contributed by atoms with Gasteiger partial charge < -0.3 is 9.64 Å². The molecule has 1 heterocycles. The molecule has 1 fully saturated rings. The predicted molar refractivity (Wildman–Crippen MR) is 96.4 cm³/mol. The molecule has 1 amide bonds. The Hall–Kier alpha value is -0.770. The second-order valence-electron chi connectivity index (χ2n) is 6.09. The van der Waals surface area contributed by atoms with Gasteiger partial charge in [-0.25, -0.2) is 4.79 Å². The molecule has 0 radical (unpaired) electrons. The maximum atomic E-state index is 11.7. The maximum Gasteiger partial charge on any atom is 0.409 e. The summed E-state index contributed by atoms with van der Waals surface area (Å²) in [5, 5.41) is 0. The molecule has 0 aromatic rings. The average molecular weight is 317 g/mol. The van der Waals surface area contributed by atoms with Gasteiger partial charge in [0.2, 0.25) is 0 Å². The van der Waals surface area contributed by atoms with Crippen molar-refractivity contribution < 1.29 is 9.53 Å². The van der Waals surface area contributed by atoms with Gasteiger partial charge in [-0.1, -0.05) is 54.4 Å². The summed E-state index contributed by atoms with van der Waals surface area (Å²) in [4.78, 5) is 15.9. The van der Waals surface area contributed by atoms with E-state index >= 15 is 0 Å². The van der Waals surface area contributed by atoms with E-state index in [9.17, 15) is 4.79 Å². The summed E-state index contributed by atoms with van der Waals surface area (Å²) in [5.41, 5.74) is 0. The van der Waals surface area contributed by atoms with Gasteiger partial charge in [-0.05, 0) is 19.8 Å². The number of unbranched alkanes of at least 4 members (excludes halogenated alkanes) is 1. The Morgan fingerprint density at radius 1 is 0.955 bits per heavy atom. The quantitative estimate of drug-likeness (QED) is 0.757. The molecule has 4 nitrogen and oxygen atoms in total. The van der Waals surface area contributed by atoms with Crippen molar-refractivity contribution >= 4 is 6.09 Å². The normalized spacial score (nSPS) is 14.9. The van der Waals surface area contributed by atoms with Crippen LogP contribution >= 0.6 is 0 Å². The molecule has 0 bridgehead atoms. The summed E-state index contributed by atoms with van der Waals surface area (Å²) in [6, 6.07) is 0.564. The molecule has 1 rings (SSSR count). The van der Waals surface area contributed by atoms with Crippen LogP contribution in [0.5, 0.6) is 0 Å². The number of hydrogen-bond donors (Lipinski definition) is 0. The van der Waals surface area contributed by atoms with E-state index in [1.54, 1.807) is 4.90 Å². The lowest BCUT2D eigenvalue weighted by Gasteiger charge is -2.36. The third-order valence-corrected chi connectivity index (χ3v) is 3.34. The summed E-state index contributed by atoms with van der Waals surface area (Å²) < 4.78 is 5.21. The number of carbonyl (C=O) groups excluding carboxylic acids is 1. The van der Waals surface area contributed by atoms with E-state index in [0.717, 1.165) is 26.2 Å². The van der Waals surface area contributed by atoms with Crippen LogP contribution in [0, 0.1) is 5.92 Å². The number of amides is 1. The molecule has 0 atom stereocenters. The maximum absolute atomic E-state index is 11.7. The molecule has 0 aliphatic carbocycles. The molecular formula is C18H40N2O2. The van der Waals surface area contributed by atoms with E-state index in [1.165, 1.54) is 12.8 Å². The number of ether oxygens (including phenoxy) is 1. The summed E-state index contributed by atoms with van der Waals surface area (Å²) in [6.07, 6.45) is 2.48. The summed E-state index contributed by atoms with van der Waals surface area (Å²) >= 11 is 0. The molecule has 0 aromatic heterocycles. The van der Waals surface area contributed by atoms with Gasteiger partial charge in [0.25, 0.3) is 0 Å².